The fourth-order valence-electron chi connectivity index (χ4n) is 2.52. The van der Waals surface area contributed by atoms with Gasteiger partial charge in [-0.15, -0.1) is 24.3 Å². The van der Waals surface area contributed by atoms with Crippen LogP contribution in [0.1, 0.15) is 11.1 Å². The number of rotatable bonds is 5. The summed E-state index contributed by atoms with van der Waals surface area (Å²) in [6, 6.07) is 21.4. The van der Waals surface area contributed by atoms with E-state index < -0.39 is 16.1 Å². The van der Waals surface area contributed by atoms with Gasteiger partial charge in [0.05, 0.1) is 0 Å². The van der Waals surface area contributed by atoms with Crippen molar-refractivity contribution in [1.29, 1.82) is 0 Å². The van der Waals surface area contributed by atoms with Gasteiger partial charge in [0.1, 0.15) is 0 Å². The second-order valence-corrected chi connectivity index (χ2v) is 17.7. The average Bonchev–Trinajstić information content (AvgIpc) is 2.50. The van der Waals surface area contributed by atoms with Crippen molar-refractivity contribution >= 4 is 50.3 Å². The number of benzene rings is 2. The Labute approximate surface area is 172 Å². The van der Waals surface area contributed by atoms with Gasteiger partial charge in [-0.25, -0.2) is 0 Å². The van der Waals surface area contributed by atoms with Crippen LogP contribution >= 0.6 is 0 Å². The molecule has 0 nitrogen and oxygen atoms in total. The molecule has 0 bridgehead atoms. The predicted octanol–water partition coefficient (Wildman–Crippen LogP) is 6.13. The van der Waals surface area contributed by atoms with Crippen LogP contribution in [0, 0.1) is 11.4 Å². The minimum Gasteiger partial charge on any atom is -0.297 e. The van der Waals surface area contributed by atoms with Crippen molar-refractivity contribution in [2.24, 2.45) is 0 Å². The molecule has 3 heteroatoms. The molecule has 0 fully saturated rings. The van der Waals surface area contributed by atoms with Gasteiger partial charge in [0.15, 0.2) is 0 Å². The Morgan fingerprint density at radius 2 is 0.840 bits per heavy atom. The van der Waals surface area contributed by atoms with Crippen LogP contribution in [0.15, 0.2) is 60.7 Å². The second-order valence-electron chi connectivity index (χ2n) is 8.23. The maximum Gasteiger partial charge on any atom is 2.00 e. The molecule has 2 aromatic rings. The van der Waals surface area contributed by atoms with Gasteiger partial charge in [0.2, 0.25) is 0 Å². The quantitative estimate of drug-likeness (QED) is 0.336. The second kappa shape index (κ2) is 9.17. The molecule has 0 aliphatic carbocycles. The van der Waals surface area contributed by atoms with Gasteiger partial charge >= 0.3 is 23.1 Å². The van der Waals surface area contributed by atoms with Crippen molar-refractivity contribution in [1.82, 2.24) is 0 Å². The molecule has 0 aliphatic rings. The van der Waals surface area contributed by atoms with Gasteiger partial charge in [-0.3, -0.25) is 22.5 Å². The van der Waals surface area contributed by atoms with Crippen molar-refractivity contribution in [3.05, 3.63) is 83.2 Å². The minimum absolute atomic E-state index is 0. The van der Waals surface area contributed by atoms with Crippen molar-refractivity contribution in [3.63, 3.8) is 0 Å². The van der Waals surface area contributed by atoms with Crippen molar-refractivity contribution < 1.29 is 0 Å². The summed E-state index contributed by atoms with van der Waals surface area (Å²) in [5.74, 6) is 0. The van der Waals surface area contributed by atoms with Crippen LogP contribution in [-0.4, -0.2) is 39.2 Å². The topological polar surface area (TPSA) is 0 Å². The van der Waals surface area contributed by atoms with Gasteiger partial charge in [0.25, 0.3) is 0 Å². The largest absolute Gasteiger partial charge is 2.00 e. The molecule has 0 aliphatic heterocycles. The molecule has 0 saturated carbocycles. The molecule has 126 valence electrons. The smallest absolute Gasteiger partial charge is 0.297 e. The number of hydrogen-bond donors (Lipinski definition) is 0. The van der Waals surface area contributed by atoms with Gasteiger partial charge in [0, 0.05) is 0 Å². The molecule has 0 aromatic heterocycles. The van der Waals surface area contributed by atoms with E-state index in [0.717, 1.165) is 0 Å². The number of allylic oxidation sites excluding steroid dienone is 2. The van der Waals surface area contributed by atoms with Gasteiger partial charge in [-0.2, -0.15) is 11.1 Å². The molecule has 0 spiro atoms. The monoisotopic (exact) mass is 372 g/mol. The van der Waals surface area contributed by atoms with Crippen LogP contribution in [0.2, 0.25) is 39.3 Å². The molecular formula is C22H28MgSi2. The predicted molar refractivity (Wildman–Crippen MR) is 119 cm³/mol. The van der Waals surface area contributed by atoms with Crippen LogP contribution in [0.25, 0.3) is 11.1 Å². The standard InChI is InChI=1S/C22H28Si2.Mg/c1-23(2,3)17-21(19-13-9-7-10-14-19)22(18-24(4,5)6)20-15-11-8-12-16-20;/h7-16H,1-6H3;/q-2;+2. The van der Waals surface area contributed by atoms with Crippen LogP contribution in [0.5, 0.6) is 0 Å². The summed E-state index contributed by atoms with van der Waals surface area (Å²) in [6.45, 7) is 14.0. The summed E-state index contributed by atoms with van der Waals surface area (Å²) in [6.07, 6.45) is 0. The molecule has 2 rings (SSSR count). The maximum atomic E-state index is 3.87. The van der Waals surface area contributed by atoms with E-state index in [-0.39, 0.29) is 23.1 Å². The Bertz CT molecular complexity index is 653. The van der Waals surface area contributed by atoms with Gasteiger partial charge < -0.3 is 0 Å². The van der Waals surface area contributed by atoms with E-state index in [2.05, 4.69) is 111 Å². The van der Waals surface area contributed by atoms with Crippen LogP contribution < -0.4 is 0 Å². The minimum atomic E-state index is -1.51. The molecule has 0 heterocycles. The van der Waals surface area contributed by atoms with E-state index in [0.29, 0.717) is 0 Å². The van der Waals surface area contributed by atoms with Crippen molar-refractivity contribution in [2.45, 2.75) is 39.3 Å². The summed E-state index contributed by atoms with van der Waals surface area (Å²) in [5.41, 5.74) is 12.7. The van der Waals surface area contributed by atoms with Gasteiger partial charge in [-0.05, 0) is 16.1 Å². The number of hydrogen-bond acceptors (Lipinski definition) is 0. The molecule has 0 N–H and O–H groups in total. The average molecular weight is 373 g/mol. The maximum absolute atomic E-state index is 3.87. The first kappa shape index (κ1) is 22.2. The zero-order valence-electron chi connectivity index (χ0n) is 16.5. The molecule has 2 aromatic carbocycles. The van der Waals surface area contributed by atoms with E-state index in [1.165, 1.54) is 22.3 Å². The Kier molecular flexibility index (Phi) is 8.13. The third kappa shape index (κ3) is 7.48. The van der Waals surface area contributed by atoms with Crippen LogP contribution in [0.4, 0.5) is 0 Å². The fourth-order valence-corrected chi connectivity index (χ4v) is 4.56. The molecular weight excluding hydrogens is 345 g/mol. The van der Waals surface area contributed by atoms with E-state index in [1.54, 1.807) is 0 Å². The fraction of sp³-hybridized carbons (Fsp3) is 0.273. The summed E-state index contributed by atoms with van der Waals surface area (Å²) < 4.78 is 0. The third-order valence-corrected chi connectivity index (χ3v) is 5.37. The van der Waals surface area contributed by atoms with Crippen molar-refractivity contribution in [3.8, 4) is 0 Å². The molecule has 0 amide bonds. The van der Waals surface area contributed by atoms with Gasteiger partial charge in [-0.1, -0.05) is 75.7 Å². The molecule has 0 radical (unpaired) electrons. The Morgan fingerprint density at radius 1 is 0.560 bits per heavy atom. The normalized spacial score (nSPS) is 13.4. The van der Waals surface area contributed by atoms with E-state index >= 15 is 0 Å². The third-order valence-electron chi connectivity index (χ3n) is 3.37. The molecule has 0 saturated heterocycles. The van der Waals surface area contributed by atoms with E-state index in [1.807, 2.05) is 0 Å². The first-order valence-electron chi connectivity index (χ1n) is 8.57. The Hall–Kier alpha value is -0.880. The zero-order valence-corrected chi connectivity index (χ0v) is 19.9. The SMILES string of the molecule is C[Si](C)(C)[C-]=C(C(=[C-][Si](C)(C)C)c1ccccc1)c1ccccc1.[Mg+2]. The van der Waals surface area contributed by atoms with Crippen LogP contribution in [0.3, 0.4) is 0 Å². The summed E-state index contributed by atoms with van der Waals surface area (Å²) in [4.78, 5) is 0. The van der Waals surface area contributed by atoms with Crippen LogP contribution in [-0.2, 0) is 0 Å². The molecule has 25 heavy (non-hydrogen) atoms. The molecule has 0 unspecified atom stereocenters. The first-order chi connectivity index (χ1) is 11.2. The summed E-state index contributed by atoms with van der Waals surface area (Å²) in [5, 5.41) is 0. The Morgan fingerprint density at radius 3 is 1.08 bits per heavy atom. The molecule has 0 atom stereocenters. The van der Waals surface area contributed by atoms with Crippen molar-refractivity contribution in [2.75, 3.05) is 0 Å². The van der Waals surface area contributed by atoms with E-state index in [4.69, 9.17) is 0 Å². The first-order valence-corrected chi connectivity index (χ1v) is 15.6. The van der Waals surface area contributed by atoms with E-state index in [9.17, 15) is 0 Å². The summed E-state index contributed by atoms with van der Waals surface area (Å²) in [7, 11) is -3.01. The zero-order chi connectivity index (χ0) is 17.8. The Balaban J connectivity index is 0.00000312. The summed E-state index contributed by atoms with van der Waals surface area (Å²) >= 11 is 0.